The molecule has 0 saturated heterocycles. The van der Waals surface area contributed by atoms with Gasteiger partial charge in [-0.1, -0.05) is 12.1 Å². The third kappa shape index (κ3) is 2.54. The number of rotatable bonds is 1. The number of benzene rings is 1. The molecule has 0 N–H and O–H groups in total. The quantitative estimate of drug-likeness (QED) is 0.812. The van der Waals surface area contributed by atoms with E-state index in [-0.39, 0.29) is 11.9 Å². The maximum atomic E-state index is 13.0. The number of hydrogen-bond acceptors (Lipinski definition) is 4. The van der Waals surface area contributed by atoms with Crippen molar-refractivity contribution in [3.63, 3.8) is 0 Å². The lowest BCUT2D eigenvalue weighted by molar-refractivity contribution is 0.0973. The third-order valence-corrected chi connectivity index (χ3v) is 4.09. The topological polar surface area (TPSA) is 49.3 Å². The minimum absolute atomic E-state index is 0.0688. The van der Waals surface area contributed by atoms with Crippen molar-refractivity contribution in [2.45, 2.75) is 26.3 Å². The molecule has 0 aliphatic carbocycles. The molecular weight excluding hydrogens is 276 g/mol. The van der Waals surface area contributed by atoms with Crippen molar-refractivity contribution >= 4 is 17.3 Å². The molecule has 5 heteroatoms. The summed E-state index contributed by atoms with van der Waals surface area (Å²) in [4.78, 5) is 25.4. The zero-order valence-electron chi connectivity index (χ0n) is 13.2. The van der Waals surface area contributed by atoms with Crippen LogP contribution in [0.25, 0.3) is 0 Å². The first kappa shape index (κ1) is 14.5. The number of aryl methyl sites for hydroxylation is 1. The molecule has 1 atom stereocenters. The van der Waals surface area contributed by atoms with Crippen LogP contribution in [-0.2, 0) is 0 Å². The maximum absolute atomic E-state index is 13.0. The van der Waals surface area contributed by atoms with Gasteiger partial charge in [0.25, 0.3) is 5.91 Å². The Hall–Kier alpha value is -2.43. The van der Waals surface area contributed by atoms with Crippen molar-refractivity contribution in [3.05, 3.63) is 48.0 Å². The molecule has 1 aromatic heterocycles. The van der Waals surface area contributed by atoms with Gasteiger partial charge in [-0.25, -0.2) is 9.97 Å². The number of carbonyl (C=O) groups is 1. The first-order valence-corrected chi connectivity index (χ1v) is 7.51. The largest absolute Gasteiger partial charge is 0.373 e. The zero-order valence-corrected chi connectivity index (χ0v) is 13.2. The molecule has 2 heterocycles. The first-order chi connectivity index (χ1) is 10.6. The average molecular weight is 296 g/mol. The van der Waals surface area contributed by atoms with E-state index >= 15 is 0 Å². The molecule has 0 fully saturated rings. The number of para-hydroxylation sites is 2. The Balaban J connectivity index is 2.07. The summed E-state index contributed by atoms with van der Waals surface area (Å²) < 4.78 is 0. The van der Waals surface area contributed by atoms with E-state index in [9.17, 15) is 4.79 Å². The molecule has 3 rings (SSSR count). The van der Waals surface area contributed by atoms with Crippen molar-refractivity contribution in [3.8, 4) is 0 Å². The number of aromatic nitrogens is 2. The Bertz CT molecular complexity index is 701. The molecule has 0 unspecified atom stereocenters. The second-order valence-electron chi connectivity index (χ2n) is 5.71. The second-order valence-corrected chi connectivity index (χ2v) is 5.71. The van der Waals surface area contributed by atoms with Crippen LogP contribution in [0.1, 0.15) is 29.7 Å². The predicted molar refractivity (Wildman–Crippen MR) is 87.4 cm³/mol. The fourth-order valence-corrected chi connectivity index (χ4v) is 2.87. The lowest BCUT2D eigenvalue weighted by Crippen LogP contribution is -2.39. The van der Waals surface area contributed by atoms with Crippen LogP contribution in [0.15, 0.2) is 36.5 Å². The Morgan fingerprint density at radius 1 is 1.23 bits per heavy atom. The highest BCUT2D eigenvalue weighted by atomic mass is 16.2. The molecular formula is C17H20N4O. The summed E-state index contributed by atoms with van der Waals surface area (Å²) in [5.74, 6) is 0.541. The Morgan fingerprint density at radius 3 is 2.68 bits per heavy atom. The van der Waals surface area contributed by atoms with Gasteiger partial charge in [0, 0.05) is 25.8 Å². The highest BCUT2D eigenvalue weighted by Gasteiger charge is 2.29. The van der Waals surface area contributed by atoms with E-state index in [4.69, 9.17) is 0 Å². The summed E-state index contributed by atoms with van der Waals surface area (Å²) in [6.45, 7) is 4.80. The van der Waals surface area contributed by atoms with Gasteiger partial charge in [-0.05, 0) is 38.5 Å². The predicted octanol–water partition coefficient (Wildman–Crippen LogP) is 2.66. The van der Waals surface area contributed by atoms with Gasteiger partial charge in [0.1, 0.15) is 11.5 Å². The lowest BCUT2D eigenvalue weighted by atomic mass is 10.1. The molecule has 1 aliphatic heterocycles. The Labute approximate surface area is 130 Å². The van der Waals surface area contributed by atoms with Crippen molar-refractivity contribution in [1.29, 1.82) is 0 Å². The maximum Gasteiger partial charge on any atom is 0.277 e. The molecule has 5 nitrogen and oxygen atoms in total. The van der Waals surface area contributed by atoms with Crippen LogP contribution in [-0.4, -0.2) is 35.5 Å². The van der Waals surface area contributed by atoms with Crippen LogP contribution < -0.4 is 9.80 Å². The van der Waals surface area contributed by atoms with Crippen molar-refractivity contribution in [2.24, 2.45) is 0 Å². The van der Waals surface area contributed by atoms with E-state index in [1.54, 1.807) is 19.2 Å². The van der Waals surface area contributed by atoms with Crippen molar-refractivity contribution < 1.29 is 4.79 Å². The highest BCUT2D eigenvalue weighted by molar-refractivity contribution is 6.07. The fraction of sp³-hybridized carbons (Fsp3) is 0.353. The first-order valence-electron chi connectivity index (χ1n) is 7.51. The fourth-order valence-electron chi connectivity index (χ4n) is 2.87. The van der Waals surface area contributed by atoms with Crippen molar-refractivity contribution in [1.82, 2.24) is 9.97 Å². The van der Waals surface area contributed by atoms with Crippen LogP contribution in [0.3, 0.4) is 0 Å². The van der Waals surface area contributed by atoms with Gasteiger partial charge >= 0.3 is 0 Å². The summed E-state index contributed by atoms with van der Waals surface area (Å²) >= 11 is 0. The zero-order chi connectivity index (χ0) is 15.7. The second kappa shape index (κ2) is 5.75. The molecule has 0 spiro atoms. The minimum Gasteiger partial charge on any atom is -0.373 e. The van der Waals surface area contributed by atoms with E-state index in [0.717, 1.165) is 24.3 Å². The monoisotopic (exact) mass is 296 g/mol. The SMILES string of the molecule is Cc1nccc(C(=O)N2c3ccccc3N(C)CC[C@@H]2C)n1. The molecule has 1 aromatic carbocycles. The van der Waals surface area contributed by atoms with E-state index in [1.807, 2.05) is 23.1 Å². The van der Waals surface area contributed by atoms with Gasteiger partial charge < -0.3 is 9.80 Å². The molecule has 2 aromatic rings. The third-order valence-electron chi connectivity index (χ3n) is 4.09. The number of carbonyl (C=O) groups excluding carboxylic acids is 1. The van der Waals surface area contributed by atoms with Crippen LogP contribution >= 0.6 is 0 Å². The van der Waals surface area contributed by atoms with Crippen LogP contribution in [0.4, 0.5) is 11.4 Å². The van der Waals surface area contributed by atoms with Gasteiger partial charge in [-0.15, -0.1) is 0 Å². The number of anilines is 2. The van der Waals surface area contributed by atoms with Gasteiger partial charge in [0.15, 0.2) is 0 Å². The molecule has 0 bridgehead atoms. The molecule has 1 aliphatic rings. The van der Waals surface area contributed by atoms with Gasteiger partial charge in [0.2, 0.25) is 0 Å². The van der Waals surface area contributed by atoms with E-state index in [2.05, 4.69) is 34.9 Å². The Kier molecular flexibility index (Phi) is 3.79. The normalized spacial score (nSPS) is 17.9. The van der Waals surface area contributed by atoms with Crippen molar-refractivity contribution in [2.75, 3.05) is 23.4 Å². The summed E-state index contributed by atoms with van der Waals surface area (Å²) in [6.07, 6.45) is 2.55. The molecule has 0 radical (unpaired) electrons. The van der Waals surface area contributed by atoms with E-state index in [1.165, 1.54) is 0 Å². The minimum atomic E-state index is -0.0688. The number of nitrogens with zero attached hydrogens (tertiary/aromatic N) is 4. The van der Waals surface area contributed by atoms with Gasteiger partial charge in [0.05, 0.1) is 11.4 Å². The molecule has 0 saturated carbocycles. The van der Waals surface area contributed by atoms with Crippen LogP contribution in [0.2, 0.25) is 0 Å². The smallest absolute Gasteiger partial charge is 0.277 e. The number of fused-ring (bicyclic) bond motifs is 1. The highest BCUT2D eigenvalue weighted by Crippen LogP contribution is 2.34. The molecule has 114 valence electrons. The van der Waals surface area contributed by atoms with E-state index in [0.29, 0.717) is 11.5 Å². The lowest BCUT2D eigenvalue weighted by Gasteiger charge is -2.28. The van der Waals surface area contributed by atoms with E-state index < -0.39 is 0 Å². The Morgan fingerprint density at radius 2 is 1.95 bits per heavy atom. The number of amides is 1. The van der Waals surface area contributed by atoms with Gasteiger partial charge in [-0.2, -0.15) is 0 Å². The van der Waals surface area contributed by atoms with Crippen LogP contribution in [0.5, 0.6) is 0 Å². The molecule has 22 heavy (non-hydrogen) atoms. The number of hydrogen-bond donors (Lipinski definition) is 0. The summed E-state index contributed by atoms with van der Waals surface area (Å²) in [6, 6.07) is 9.82. The van der Waals surface area contributed by atoms with Gasteiger partial charge in [-0.3, -0.25) is 4.79 Å². The van der Waals surface area contributed by atoms with Crippen LogP contribution in [0, 0.1) is 6.92 Å². The summed E-state index contributed by atoms with van der Waals surface area (Å²) in [5, 5.41) is 0. The average Bonchev–Trinajstić information content (AvgIpc) is 2.64. The summed E-state index contributed by atoms with van der Waals surface area (Å²) in [5.41, 5.74) is 2.46. The summed E-state index contributed by atoms with van der Waals surface area (Å²) in [7, 11) is 2.06. The standard InChI is InChI=1S/C17H20N4O/c1-12-9-11-20(3)15-6-4-5-7-16(15)21(12)17(22)14-8-10-18-13(2)19-14/h4-8,10,12H,9,11H2,1-3H3/t12-/m0/s1. The molecule has 1 amide bonds.